The molecule has 1 N–H and O–H groups in total. The molecule has 0 atom stereocenters. The topological polar surface area (TPSA) is 41.7 Å². The third-order valence-corrected chi connectivity index (χ3v) is 5.68. The Balaban J connectivity index is 0.00000204. The molecule has 1 aliphatic rings. The summed E-state index contributed by atoms with van der Waals surface area (Å²) in [6.45, 7) is 1.77. The van der Waals surface area contributed by atoms with E-state index in [1.165, 1.54) is 21.9 Å². The minimum atomic E-state index is 0. The molecule has 3 heterocycles. The van der Waals surface area contributed by atoms with Crippen LogP contribution in [-0.2, 0) is 0 Å². The third kappa shape index (κ3) is 3.45. The van der Waals surface area contributed by atoms with Crippen LogP contribution in [0.15, 0.2) is 96.2 Å². The standard InChI is InChI=1S/C26H20N4.ClH/c1-2-6-22-18(4-1)5-3-7-23(22)21-12-13-25-29-24(17-30(25)16-21)19-8-10-20(11-9-19)26-27-14-15-28-26;/h1-13,16-17H,14-15H2,(H,27,28);1H. The average Bonchev–Trinajstić information content (AvgIpc) is 3.48. The number of halogens is 1. The van der Waals surface area contributed by atoms with E-state index in [-0.39, 0.29) is 12.4 Å². The van der Waals surface area contributed by atoms with Crippen molar-refractivity contribution in [2.24, 2.45) is 4.99 Å². The second-order valence-corrected chi connectivity index (χ2v) is 7.57. The number of amidine groups is 1. The Morgan fingerprint density at radius 1 is 0.742 bits per heavy atom. The lowest BCUT2D eigenvalue weighted by Gasteiger charge is -2.07. The van der Waals surface area contributed by atoms with Gasteiger partial charge < -0.3 is 9.72 Å². The summed E-state index contributed by atoms with van der Waals surface area (Å²) >= 11 is 0. The van der Waals surface area contributed by atoms with Gasteiger partial charge in [0.25, 0.3) is 0 Å². The summed E-state index contributed by atoms with van der Waals surface area (Å²) < 4.78 is 2.11. The van der Waals surface area contributed by atoms with Crippen molar-refractivity contribution in [2.75, 3.05) is 13.1 Å². The molecule has 5 aromatic rings. The van der Waals surface area contributed by atoms with Crippen LogP contribution in [0.1, 0.15) is 5.56 Å². The molecular formula is C26H21ClN4. The van der Waals surface area contributed by atoms with E-state index in [4.69, 9.17) is 4.98 Å². The fourth-order valence-corrected chi connectivity index (χ4v) is 4.16. The summed E-state index contributed by atoms with van der Waals surface area (Å²) in [5, 5.41) is 5.83. The van der Waals surface area contributed by atoms with Crippen LogP contribution in [0.5, 0.6) is 0 Å². The van der Waals surface area contributed by atoms with Crippen molar-refractivity contribution in [3.63, 3.8) is 0 Å². The van der Waals surface area contributed by atoms with Gasteiger partial charge in [-0.3, -0.25) is 4.99 Å². The largest absolute Gasteiger partial charge is 0.368 e. The maximum absolute atomic E-state index is 4.82. The highest BCUT2D eigenvalue weighted by Gasteiger charge is 2.10. The Morgan fingerprint density at radius 3 is 2.35 bits per heavy atom. The summed E-state index contributed by atoms with van der Waals surface area (Å²) in [6, 6.07) is 27.7. The summed E-state index contributed by atoms with van der Waals surface area (Å²) in [7, 11) is 0. The van der Waals surface area contributed by atoms with Gasteiger partial charge in [0.2, 0.25) is 0 Å². The summed E-state index contributed by atoms with van der Waals surface area (Å²) in [5.74, 6) is 0.983. The van der Waals surface area contributed by atoms with Gasteiger partial charge in [-0.05, 0) is 34.0 Å². The molecule has 0 fully saturated rings. The highest BCUT2D eigenvalue weighted by atomic mass is 35.5. The van der Waals surface area contributed by atoms with E-state index in [0.29, 0.717) is 0 Å². The third-order valence-electron chi connectivity index (χ3n) is 5.68. The van der Waals surface area contributed by atoms with E-state index >= 15 is 0 Å². The zero-order valence-electron chi connectivity index (χ0n) is 16.8. The number of aromatic nitrogens is 2. The molecule has 0 amide bonds. The Kier molecular flexibility index (Phi) is 4.92. The maximum atomic E-state index is 4.82. The van der Waals surface area contributed by atoms with Crippen molar-refractivity contribution in [2.45, 2.75) is 0 Å². The minimum absolute atomic E-state index is 0. The van der Waals surface area contributed by atoms with E-state index < -0.39 is 0 Å². The van der Waals surface area contributed by atoms with Crippen molar-refractivity contribution in [1.82, 2.24) is 14.7 Å². The normalized spacial score (nSPS) is 13.1. The van der Waals surface area contributed by atoms with Crippen molar-refractivity contribution < 1.29 is 0 Å². The zero-order valence-corrected chi connectivity index (χ0v) is 17.6. The Labute approximate surface area is 186 Å². The Bertz CT molecular complexity index is 1410. The highest BCUT2D eigenvalue weighted by Crippen LogP contribution is 2.29. The molecule has 31 heavy (non-hydrogen) atoms. The molecule has 0 saturated heterocycles. The molecule has 0 spiro atoms. The minimum Gasteiger partial charge on any atom is -0.368 e. The van der Waals surface area contributed by atoms with Crippen LogP contribution in [0.4, 0.5) is 0 Å². The molecule has 2 aromatic heterocycles. The molecule has 5 heteroatoms. The Hall–Kier alpha value is -3.63. The van der Waals surface area contributed by atoms with E-state index in [9.17, 15) is 0 Å². The lowest BCUT2D eigenvalue weighted by molar-refractivity contribution is 0.960. The molecule has 0 aliphatic carbocycles. The number of hydrogen-bond acceptors (Lipinski definition) is 3. The first-order valence-corrected chi connectivity index (χ1v) is 10.2. The van der Waals surface area contributed by atoms with Gasteiger partial charge in [-0.1, -0.05) is 66.7 Å². The van der Waals surface area contributed by atoms with Gasteiger partial charge in [-0.2, -0.15) is 0 Å². The van der Waals surface area contributed by atoms with Crippen molar-refractivity contribution >= 4 is 34.7 Å². The van der Waals surface area contributed by atoms with Crippen molar-refractivity contribution in [1.29, 1.82) is 0 Å². The molecule has 1 aliphatic heterocycles. The summed E-state index contributed by atoms with van der Waals surface area (Å²) in [4.78, 5) is 9.31. The van der Waals surface area contributed by atoms with Crippen molar-refractivity contribution in [3.8, 4) is 22.4 Å². The maximum Gasteiger partial charge on any atom is 0.137 e. The monoisotopic (exact) mass is 424 g/mol. The number of imidazole rings is 1. The van der Waals surface area contributed by atoms with Crippen LogP contribution >= 0.6 is 12.4 Å². The molecule has 0 saturated carbocycles. The van der Waals surface area contributed by atoms with Crippen LogP contribution in [0.3, 0.4) is 0 Å². The second kappa shape index (κ2) is 7.89. The Morgan fingerprint density at radius 2 is 1.52 bits per heavy atom. The molecule has 0 unspecified atom stereocenters. The van der Waals surface area contributed by atoms with Gasteiger partial charge in [0, 0.05) is 30.1 Å². The fourth-order valence-electron chi connectivity index (χ4n) is 4.16. The van der Waals surface area contributed by atoms with E-state index in [1.807, 2.05) is 0 Å². The number of hydrogen-bond donors (Lipinski definition) is 1. The number of aliphatic imine (C=N–C) groups is 1. The molecule has 3 aromatic carbocycles. The summed E-state index contributed by atoms with van der Waals surface area (Å²) in [6.07, 6.45) is 4.27. The summed E-state index contributed by atoms with van der Waals surface area (Å²) in [5.41, 5.74) is 6.56. The lowest BCUT2D eigenvalue weighted by atomic mass is 10.00. The highest BCUT2D eigenvalue weighted by molar-refractivity contribution is 6.00. The van der Waals surface area contributed by atoms with Gasteiger partial charge >= 0.3 is 0 Å². The van der Waals surface area contributed by atoms with Gasteiger partial charge in [0.05, 0.1) is 12.2 Å². The fraction of sp³-hybridized carbons (Fsp3) is 0.0769. The smallest absolute Gasteiger partial charge is 0.137 e. The van der Waals surface area contributed by atoms with Crippen LogP contribution in [-0.4, -0.2) is 28.3 Å². The molecular weight excluding hydrogens is 404 g/mol. The zero-order chi connectivity index (χ0) is 19.9. The number of nitrogens with one attached hydrogen (secondary N) is 1. The predicted octanol–water partition coefficient (Wildman–Crippen LogP) is 5.59. The SMILES string of the molecule is Cl.c1ccc2c(-c3ccc4nc(-c5ccc(C6=NCCN6)cc5)cn4c3)cccc2c1. The number of rotatable bonds is 3. The van der Waals surface area contributed by atoms with Crippen LogP contribution in [0.2, 0.25) is 0 Å². The first kappa shape index (κ1) is 19.3. The quantitative estimate of drug-likeness (QED) is 0.410. The number of fused-ring (bicyclic) bond motifs is 2. The van der Waals surface area contributed by atoms with E-state index in [0.717, 1.165) is 41.4 Å². The predicted molar refractivity (Wildman–Crippen MR) is 130 cm³/mol. The first-order chi connectivity index (χ1) is 14.8. The van der Waals surface area contributed by atoms with Crippen LogP contribution in [0, 0.1) is 0 Å². The molecule has 0 bridgehead atoms. The molecule has 0 radical (unpaired) electrons. The van der Waals surface area contributed by atoms with Gasteiger partial charge in [-0.15, -0.1) is 12.4 Å². The second-order valence-electron chi connectivity index (χ2n) is 7.57. The average molecular weight is 425 g/mol. The van der Waals surface area contributed by atoms with Gasteiger partial charge in [0.1, 0.15) is 11.5 Å². The van der Waals surface area contributed by atoms with Crippen LogP contribution in [0.25, 0.3) is 38.8 Å². The van der Waals surface area contributed by atoms with Gasteiger partial charge in [-0.25, -0.2) is 4.98 Å². The van der Waals surface area contributed by atoms with Gasteiger partial charge in [0.15, 0.2) is 0 Å². The number of benzene rings is 3. The number of pyridine rings is 1. The van der Waals surface area contributed by atoms with Crippen LogP contribution < -0.4 is 5.32 Å². The molecule has 4 nitrogen and oxygen atoms in total. The molecule has 6 rings (SSSR count). The van der Waals surface area contributed by atoms with E-state index in [1.54, 1.807) is 0 Å². The lowest BCUT2D eigenvalue weighted by Crippen LogP contribution is -2.19. The molecule has 152 valence electrons. The first-order valence-electron chi connectivity index (χ1n) is 10.2. The number of nitrogens with zero attached hydrogens (tertiary/aromatic N) is 3. The van der Waals surface area contributed by atoms with Crippen molar-refractivity contribution in [3.05, 3.63) is 96.8 Å². The van der Waals surface area contributed by atoms with E-state index in [2.05, 4.69) is 106 Å².